The van der Waals surface area contributed by atoms with Crippen LogP contribution in [0.1, 0.15) is 51.4 Å². The molecule has 2 fully saturated rings. The van der Waals surface area contributed by atoms with Crippen molar-refractivity contribution in [3.05, 3.63) is 12.7 Å². The summed E-state index contributed by atoms with van der Waals surface area (Å²) in [5, 5.41) is 0. The van der Waals surface area contributed by atoms with Gasteiger partial charge in [-0.3, -0.25) is 4.79 Å². The molecule has 2 nitrogen and oxygen atoms in total. The van der Waals surface area contributed by atoms with E-state index in [1.807, 2.05) is 0 Å². The Labute approximate surface area is 91.7 Å². The zero-order chi connectivity index (χ0) is 10.7. The molecule has 2 heteroatoms. The molecule has 0 N–H and O–H groups in total. The average Bonchev–Trinajstić information content (AvgIpc) is 2.89. The van der Waals surface area contributed by atoms with Gasteiger partial charge >= 0.3 is 0 Å². The monoisotopic (exact) mass is 208 g/mol. The first kappa shape index (κ1) is 10.9. The second-order valence-corrected chi connectivity index (χ2v) is 4.79. The quantitative estimate of drug-likeness (QED) is 0.664. The first-order chi connectivity index (χ1) is 7.27. The number of hydrogen-bond donors (Lipinski definition) is 0. The molecule has 2 aliphatic carbocycles. The highest BCUT2D eigenvalue weighted by Gasteiger charge is 2.42. The molecular formula is C13H20O2. The predicted molar refractivity (Wildman–Crippen MR) is 59.7 cm³/mol. The summed E-state index contributed by atoms with van der Waals surface area (Å²) >= 11 is 0. The smallest absolute Gasteiger partial charge is 0.186 e. The van der Waals surface area contributed by atoms with Crippen LogP contribution in [0.3, 0.4) is 0 Å². The Morgan fingerprint density at radius 3 is 2.33 bits per heavy atom. The summed E-state index contributed by atoms with van der Waals surface area (Å²) < 4.78 is 6.09. The lowest BCUT2D eigenvalue weighted by Gasteiger charge is -2.30. The molecule has 2 aliphatic rings. The van der Waals surface area contributed by atoms with Gasteiger partial charge in [-0.15, -0.1) is 0 Å². The van der Waals surface area contributed by atoms with Gasteiger partial charge in [-0.05, 0) is 44.6 Å². The minimum Gasteiger partial charge on any atom is -0.364 e. The van der Waals surface area contributed by atoms with Crippen molar-refractivity contribution in [2.24, 2.45) is 0 Å². The number of ether oxygens (including phenoxy) is 1. The molecule has 0 bridgehead atoms. The van der Waals surface area contributed by atoms with Gasteiger partial charge in [0.1, 0.15) is 5.60 Å². The molecule has 2 saturated carbocycles. The normalized spacial score (nSPS) is 25.6. The summed E-state index contributed by atoms with van der Waals surface area (Å²) in [5.74, 6) is 0.104. The molecule has 0 aromatic heterocycles. The maximum Gasteiger partial charge on any atom is 0.186 e. The molecule has 0 spiro atoms. The fraction of sp³-hybridized carbons (Fsp3) is 0.769. The Balaban J connectivity index is 2.04. The molecular weight excluding hydrogens is 188 g/mol. The van der Waals surface area contributed by atoms with Crippen LogP contribution in [-0.2, 0) is 9.53 Å². The van der Waals surface area contributed by atoms with E-state index >= 15 is 0 Å². The van der Waals surface area contributed by atoms with E-state index in [1.165, 1.54) is 18.9 Å². The fourth-order valence-corrected chi connectivity index (χ4v) is 2.88. The zero-order valence-corrected chi connectivity index (χ0v) is 9.34. The van der Waals surface area contributed by atoms with Crippen molar-refractivity contribution in [2.75, 3.05) is 0 Å². The Morgan fingerprint density at radius 2 is 1.80 bits per heavy atom. The third kappa shape index (κ3) is 2.15. The Bertz CT molecular complexity index is 245. The first-order valence-corrected chi connectivity index (χ1v) is 6.11. The SMILES string of the molecule is C=CC(=O)C1(OC2CCCC2)CCCC1. The predicted octanol–water partition coefficient (Wildman–Crippen LogP) is 3.01. The van der Waals surface area contributed by atoms with Crippen molar-refractivity contribution in [2.45, 2.75) is 63.1 Å². The molecule has 15 heavy (non-hydrogen) atoms. The second kappa shape index (κ2) is 4.48. The van der Waals surface area contributed by atoms with E-state index in [2.05, 4.69) is 6.58 Å². The fourth-order valence-electron chi connectivity index (χ4n) is 2.88. The van der Waals surface area contributed by atoms with Gasteiger partial charge in [0.25, 0.3) is 0 Å². The van der Waals surface area contributed by atoms with Crippen LogP contribution in [0.2, 0.25) is 0 Å². The van der Waals surface area contributed by atoms with E-state index in [9.17, 15) is 4.79 Å². The highest BCUT2D eigenvalue weighted by Crippen LogP contribution is 2.38. The summed E-state index contributed by atoms with van der Waals surface area (Å²) in [6, 6.07) is 0. The van der Waals surface area contributed by atoms with Crippen molar-refractivity contribution in [1.29, 1.82) is 0 Å². The van der Waals surface area contributed by atoms with Gasteiger partial charge in [0.2, 0.25) is 0 Å². The van der Waals surface area contributed by atoms with Gasteiger partial charge in [0.15, 0.2) is 5.78 Å². The van der Waals surface area contributed by atoms with Crippen molar-refractivity contribution < 1.29 is 9.53 Å². The number of carbonyl (C=O) groups is 1. The highest BCUT2D eigenvalue weighted by atomic mass is 16.5. The number of carbonyl (C=O) groups excluding carboxylic acids is 1. The van der Waals surface area contributed by atoms with Crippen molar-refractivity contribution in [1.82, 2.24) is 0 Å². The van der Waals surface area contributed by atoms with Crippen molar-refractivity contribution in [3.63, 3.8) is 0 Å². The van der Waals surface area contributed by atoms with Crippen LogP contribution in [0.5, 0.6) is 0 Å². The minimum absolute atomic E-state index is 0.104. The van der Waals surface area contributed by atoms with E-state index < -0.39 is 5.60 Å². The van der Waals surface area contributed by atoms with Gasteiger partial charge < -0.3 is 4.74 Å². The van der Waals surface area contributed by atoms with E-state index in [0.717, 1.165) is 38.5 Å². The Morgan fingerprint density at radius 1 is 1.20 bits per heavy atom. The molecule has 0 atom stereocenters. The van der Waals surface area contributed by atoms with Crippen LogP contribution >= 0.6 is 0 Å². The molecule has 0 unspecified atom stereocenters. The van der Waals surface area contributed by atoms with Gasteiger partial charge in [0, 0.05) is 0 Å². The second-order valence-electron chi connectivity index (χ2n) is 4.79. The van der Waals surface area contributed by atoms with E-state index in [4.69, 9.17) is 4.74 Å². The van der Waals surface area contributed by atoms with Gasteiger partial charge in [-0.25, -0.2) is 0 Å². The molecule has 84 valence electrons. The molecule has 0 aliphatic heterocycles. The lowest BCUT2D eigenvalue weighted by Crippen LogP contribution is -2.40. The largest absolute Gasteiger partial charge is 0.364 e. The van der Waals surface area contributed by atoms with Crippen LogP contribution < -0.4 is 0 Å². The van der Waals surface area contributed by atoms with E-state index in [-0.39, 0.29) is 5.78 Å². The Kier molecular flexibility index (Phi) is 3.25. The Hall–Kier alpha value is -0.630. The molecule has 2 rings (SSSR count). The maximum atomic E-state index is 11.9. The van der Waals surface area contributed by atoms with Crippen molar-refractivity contribution in [3.8, 4) is 0 Å². The third-order valence-corrected chi connectivity index (χ3v) is 3.74. The lowest BCUT2D eigenvalue weighted by atomic mass is 9.95. The van der Waals surface area contributed by atoms with Crippen LogP contribution in [0.15, 0.2) is 12.7 Å². The first-order valence-electron chi connectivity index (χ1n) is 6.11. The molecule has 0 amide bonds. The summed E-state index contributed by atoms with van der Waals surface area (Å²) in [4.78, 5) is 11.9. The summed E-state index contributed by atoms with van der Waals surface area (Å²) in [6.45, 7) is 3.60. The van der Waals surface area contributed by atoms with Crippen LogP contribution in [0.25, 0.3) is 0 Å². The summed E-state index contributed by atoms with van der Waals surface area (Å²) in [6.07, 6.45) is 10.6. The minimum atomic E-state index is -0.489. The molecule has 0 aromatic carbocycles. The van der Waals surface area contributed by atoms with E-state index in [1.54, 1.807) is 0 Å². The van der Waals surface area contributed by atoms with Crippen LogP contribution in [-0.4, -0.2) is 17.5 Å². The zero-order valence-electron chi connectivity index (χ0n) is 9.34. The third-order valence-electron chi connectivity index (χ3n) is 3.74. The lowest BCUT2D eigenvalue weighted by molar-refractivity contribution is -0.146. The van der Waals surface area contributed by atoms with Crippen LogP contribution in [0, 0.1) is 0 Å². The number of rotatable bonds is 4. The van der Waals surface area contributed by atoms with E-state index in [0.29, 0.717) is 6.10 Å². The van der Waals surface area contributed by atoms with Gasteiger partial charge in [-0.2, -0.15) is 0 Å². The summed E-state index contributed by atoms with van der Waals surface area (Å²) in [7, 11) is 0. The maximum absolute atomic E-state index is 11.9. The molecule has 0 radical (unpaired) electrons. The molecule has 0 aromatic rings. The number of ketones is 1. The van der Waals surface area contributed by atoms with Gasteiger partial charge in [-0.1, -0.05) is 19.4 Å². The topological polar surface area (TPSA) is 26.3 Å². The van der Waals surface area contributed by atoms with Crippen molar-refractivity contribution >= 4 is 5.78 Å². The molecule has 0 heterocycles. The van der Waals surface area contributed by atoms with Gasteiger partial charge in [0.05, 0.1) is 6.10 Å². The standard InChI is InChI=1S/C13H20O2/c1-2-12(14)13(9-5-6-10-13)15-11-7-3-4-8-11/h2,11H,1,3-10H2. The van der Waals surface area contributed by atoms with Crippen LogP contribution in [0.4, 0.5) is 0 Å². The molecule has 0 saturated heterocycles. The number of hydrogen-bond acceptors (Lipinski definition) is 2. The average molecular weight is 208 g/mol. The summed E-state index contributed by atoms with van der Waals surface area (Å²) in [5.41, 5.74) is -0.489. The highest BCUT2D eigenvalue weighted by molar-refractivity contribution is 5.96.